The van der Waals surface area contributed by atoms with E-state index in [1.165, 1.54) is 0 Å². The Morgan fingerprint density at radius 2 is 2.24 bits per heavy atom. The monoisotopic (exact) mass is 234 g/mol. The molecule has 0 spiro atoms. The van der Waals surface area contributed by atoms with Crippen molar-refractivity contribution in [3.05, 3.63) is 24.3 Å². The lowest BCUT2D eigenvalue weighted by molar-refractivity contribution is -0.126. The van der Waals surface area contributed by atoms with Crippen molar-refractivity contribution < 1.29 is 4.79 Å². The number of carbonyl (C=O) groups excluding carboxylic acids is 1. The Labute approximate surface area is 101 Å². The molecule has 1 fully saturated rings. The number of rotatable bonds is 3. The van der Waals surface area contributed by atoms with Gasteiger partial charge in [-0.25, -0.2) is 0 Å². The standard InChI is InChI=1S/C12H18N4O/c1-16-6-2-10(3-7-16)12(17)15-9-11-8-13-4-5-14-11/h4-5,8,10H,2-3,6-7,9H2,1H3,(H,15,17). The summed E-state index contributed by atoms with van der Waals surface area (Å²) < 4.78 is 0. The number of carbonyl (C=O) groups is 1. The van der Waals surface area contributed by atoms with Crippen LogP contribution in [-0.4, -0.2) is 40.9 Å². The minimum atomic E-state index is 0.142. The largest absolute Gasteiger partial charge is 0.350 e. The van der Waals surface area contributed by atoms with Gasteiger partial charge in [0.15, 0.2) is 0 Å². The van der Waals surface area contributed by atoms with Crippen molar-refractivity contribution in [3.8, 4) is 0 Å². The molecule has 1 aromatic heterocycles. The second-order valence-corrected chi connectivity index (χ2v) is 4.49. The molecule has 0 bridgehead atoms. The number of hydrogen-bond donors (Lipinski definition) is 1. The van der Waals surface area contributed by atoms with Crippen molar-refractivity contribution in [1.29, 1.82) is 0 Å². The summed E-state index contributed by atoms with van der Waals surface area (Å²) in [4.78, 5) is 22.2. The van der Waals surface area contributed by atoms with Crippen LogP contribution < -0.4 is 5.32 Å². The molecule has 0 atom stereocenters. The van der Waals surface area contributed by atoms with Gasteiger partial charge in [0.1, 0.15) is 0 Å². The van der Waals surface area contributed by atoms with Crippen LogP contribution >= 0.6 is 0 Å². The van der Waals surface area contributed by atoms with Crippen LogP contribution in [0.5, 0.6) is 0 Å². The molecule has 1 amide bonds. The predicted molar refractivity (Wildman–Crippen MR) is 64.1 cm³/mol. The van der Waals surface area contributed by atoms with Crippen molar-refractivity contribution in [2.75, 3.05) is 20.1 Å². The van der Waals surface area contributed by atoms with Crippen molar-refractivity contribution in [2.24, 2.45) is 5.92 Å². The summed E-state index contributed by atoms with van der Waals surface area (Å²) in [6, 6.07) is 0. The third-order valence-electron chi connectivity index (χ3n) is 3.15. The third-order valence-corrected chi connectivity index (χ3v) is 3.15. The van der Waals surface area contributed by atoms with Gasteiger partial charge in [0.05, 0.1) is 18.4 Å². The van der Waals surface area contributed by atoms with E-state index in [0.29, 0.717) is 6.54 Å². The molecule has 1 saturated heterocycles. The first-order valence-electron chi connectivity index (χ1n) is 5.97. The SMILES string of the molecule is CN1CCC(C(=O)NCc2cnccn2)CC1. The number of likely N-dealkylation sites (tertiary alicyclic amines) is 1. The molecule has 1 aliphatic heterocycles. The van der Waals surface area contributed by atoms with Crippen molar-refractivity contribution in [3.63, 3.8) is 0 Å². The molecular formula is C12H18N4O. The van der Waals surface area contributed by atoms with Gasteiger partial charge in [-0.3, -0.25) is 14.8 Å². The number of nitrogens with one attached hydrogen (secondary N) is 1. The van der Waals surface area contributed by atoms with Crippen LogP contribution in [0.3, 0.4) is 0 Å². The third kappa shape index (κ3) is 3.49. The number of hydrogen-bond acceptors (Lipinski definition) is 4. The van der Waals surface area contributed by atoms with Gasteiger partial charge in [0.2, 0.25) is 5.91 Å². The molecule has 0 aromatic carbocycles. The molecule has 5 nitrogen and oxygen atoms in total. The van der Waals surface area contributed by atoms with Crippen LogP contribution in [-0.2, 0) is 11.3 Å². The van der Waals surface area contributed by atoms with Crippen LogP contribution in [0.2, 0.25) is 0 Å². The van der Waals surface area contributed by atoms with Gasteiger partial charge in [-0.05, 0) is 33.0 Å². The summed E-state index contributed by atoms with van der Waals surface area (Å²) in [5, 5.41) is 2.92. The fourth-order valence-electron chi connectivity index (χ4n) is 2.01. The fourth-order valence-corrected chi connectivity index (χ4v) is 2.01. The Hall–Kier alpha value is -1.49. The molecule has 92 valence electrons. The Kier molecular flexibility index (Phi) is 4.03. The molecule has 1 aliphatic rings. The normalized spacial score (nSPS) is 17.9. The minimum Gasteiger partial charge on any atom is -0.350 e. The van der Waals surface area contributed by atoms with E-state index in [-0.39, 0.29) is 11.8 Å². The summed E-state index contributed by atoms with van der Waals surface area (Å²) in [5.74, 6) is 0.298. The van der Waals surface area contributed by atoms with E-state index in [0.717, 1.165) is 31.6 Å². The second-order valence-electron chi connectivity index (χ2n) is 4.49. The summed E-state index contributed by atoms with van der Waals surface area (Å²) >= 11 is 0. The van der Waals surface area contributed by atoms with Gasteiger partial charge < -0.3 is 10.2 Å². The number of piperidine rings is 1. The van der Waals surface area contributed by atoms with E-state index in [9.17, 15) is 4.79 Å². The Morgan fingerprint density at radius 3 is 2.88 bits per heavy atom. The maximum absolute atomic E-state index is 11.9. The molecule has 1 aromatic rings. The van der Waals surface area contributed by atoms with Crippen LogP contribution in [0.25, 0.3) is 0 Å². The topological polar surface area (TPSA) is 58.1 Å². The molecule has 2 rings (SSSR count). The van der Waals surface area contributed by atoms with E-state index in [4.69, 9.17) is 0 Å². The van der Waals surface area contributed by atoms with Gasteiger partial charge in [0.25, 0.3) is 0 Å². The fraction of sp³-hybridized carbons (Fsp3) is 0.583. The Bertz CT molecular complexity index is 360. The van der Waals surface area contributed by atoms with Gasteiger partial charge in [-0.1, -0.05) is 0 Å². The summed E-state index contributed by atoms with van der Waals surface area (Å²) in [5.41, 5.74) is 0.800. The number of amides is 1. The Morgan fingerprint density at radius 1 is 1.47 bits per heavy atom. The van der Waals surface area contributed by atoms with E-state index in [2.05, 4.69) is 27.2 Å². The summed E-state index contributed by atoms with van der Waals surface area (Å²) in [7, 11) is 2.09. The van der Waals surface area contributed by atoms with E-state index >= 15 is 0 Å². The number of nitrogens with zero attached hydrogens (tertiary/aromatic N) is 3. The average Bonchev–Trinajstić information content (AvgIpc) is 2.38. The molecule has 0 unspecified atom stereocenters. The Balaban J connectivity index is 1.78. The molecule has 1 N–H and O–H groups in total. The van der Waals surface area contributed by atoms with Crippen LogP contribution in [0.1, 0.15) is 18.5 Å². The van der Waals surface area contributed by atoms with Crippen LogP contribution in [0.15, 0.2) is 18.6 Å². The lowest BCUT2D eigenvalue weighted by Gasteiger charge is -2.27. The van der Waals surface area contributed by atoms with E-state index in [1.54, 1.807) is 18.6 Å². The zero-order chi connectivity index (χ0) is 12.1. The van der Waals surface area contributed by atoms with E-state index < -0.39 is 0 Å². The van der Waals surface area contributed by atoms with Crippen LogP contribution in [0, 0.1) is 5.92 Å². The van der Waals surface area contributed by atoms with Gasteiger partial charge in [0, 0.05) is 18.3 Å². The second kappa shape index (κ2) is 5.72. The molecule has 0 aliphatic carbocycles. The molecular weight excluding hydrogens is 216 g/mol. The molecule has 17 heavy (non-hydrogen) atoms. The van der Waals surface area contributed by atoms with Crippen molar-refractivity contribution in [1.82, 2.24) is 20.2 Å². The smallest absolute Gasteiger partial charge is 0.223 e. The van der Waals surface area contributed by atoms with Gasteiger partial charge in [-0.2, -0.15) is 0 Å². The number of aromatic nitrogens is 2. The first kappa shape index (κ1) is 12.0. The van der Waals surface area contributed by atoms with Crippen molar-refractivity contribution in [2.45, 2.75) is 19.4 Å². The highest BCUT2D eigenvalue weighted by Crippen LogP contribution is 2.15. The van der Waals surface area contributed by atoms with E-state index in [1.807, 2.05) is 0 Å². The molecule has 0 radical (unpaired) electrons. The molecule has 2 heterocycles. The first-order valence-corrected chi connectivity index (χ1v) is 5.97. The van der Waals surface area contributed by atoms with Crippen LogP contribution in [0.4, 0.5) is 0 Å². The van der Waals surface area contributed by atoms with Gasteiger partial charge >= 0.3 is 0 Å². The lowest BCUT2D eigenvalue weighted by Crippen LogP contribution is -2.38. The van der Waals surface area contributed by atoms with Gasteiger partial charge in [-0.15, -0.1) is 0 Å². The molecule has 0 saturated carbocycles. The summed E-state index contributed by atoms with van der Waals surface area (Å²) in [6.07, 6.45) is 6.83. The highest BCUT2D eigenvalue weighted by molar-refractivity contribution is 5.78. The lowest BCUT2D eigenvalue weighted by atomic mass is 9.96. The average molecular weight is 234 g/mol. The highest BCUT2D eigenvalue weighted by atomic mass is 16.1. The zero-order valence-corrected chi connectivity index (χ0v) is 10.1. The minimum absolute atomic E-state index is 0.142. The maximum Gasteiger partial charge on any atom is 0.223 e. The highest BCUT2D eigenvalue weighted by Gasteiger charge is 2.22. The predicted octanol–water partition coefficient (Wildman–Crippen LogP) is 0.435. The quantitative estimate of drug-likeness (QED) is 0.824. The zero-order valence-electron chi connectivity index (χ0n) is 10.1. The molecule has 5 heteroatoms. The van der Waals surface area contributed by atoms with Crippen molar-refractivity contribution >= 4 is 5.91 Å². The maximum atomic E-state index is 11.9. The first-order chi connectivity index (χ1) is 8.25. The summed E-state index contributed by atoms with van der Waals surface area (Å²) in [6.45, 7) is 2.48.